The van der Waals surface area contributed by atoms with Crippen LogP contribution in [0.15, 0.2) is 28.7 Å². The molecule has 0 aliphatic heterocycles. The highest BCUT2D eigenvalue weighted by Crippen LogP contribution is 2.29. The number of anilines is 1. The summed E-state index contributed by atoms with van der Waals surface area (Å²) in [6, 6.07) is 8.51. The highest BCUT2D eigenvalue weighted by Gasteiger charge is 2.14. The molecule has 0 aliphatic carbocycles. The molecular formula is C16H20BrN3. The molecular weight excluding hydrogens is 314 g/mol. The van der Waals surface area contributed by atoms with Crippen LogP contribution in [0.3, 0.4) is 0 Å². The van der Waals surface area contributed by atoms with Crippen molar-refractivity contribution in [3.63, 3.8) is 0 Å². The Morgan fingerprint density at radius 2 is 1.80 bits per heavy atom. The summed E-state index contributed by atoms with van der Waals surface area (Å²) in [5, 5.41) is 3.13. The van der Waals surface area contributed by atoms with Crippen molar-refractivity contribution in [3.05, 3.63) is 51.4 Å². The molecule has 2 rings (SSSR count). The zero-order valence-electron chi connectivity index (χ0n) is 12.4. The van der Waals surface area contributed by atoms with Crippen molar-refractivity contribution in [2.24, 2.45) is 0 Å². The lowest BCUT2D eigenvalue weighted by molar-refractivity contribution is 0.785. The molecule has 1 N–H and O–H groups in total. The third-order valence-corrected chi connectivity index (χ3v) is 3.97. The van der Waals surface area contributed by atoms with Crippen LogP contribution >= 0.6 is 15.9 Å². The van der Waals surface area contributed by atoms with Gasteiger partial charge >= 0.3 is 0 Å². The summed E-state index contributed by atoms with van der Waals surface area (Å²) in [5.41, 5.74) is 3.55. The number of rotatable bonds is 4. The van der Waals surface area contributed by atoms with E-state index in [9.17, 15) is 0 Å². The first-order valence-corrected chi connectivity index (χ1v) is 7.60. The molecule has 0 saturated carbocycles. The Bertz CT molecular complexity index is 591. The van der Waals surface area contributed by atoms with Gasteiger partial charge in [0.15, 0.2) is 0 Å². The summed E-state index contributed by atoms with van der Waals surface area (Å²) in [4.78, 5) is 9.28. The second kappa shape index (κ2) is 6.35. The molecule has 106 valence electrons. The van der Waals surface area contributed by atoms with E-state index in [1.54, 1.807) is 0 Å². The first-order valence-electron chi connectivity index (χ1n) is 6.81. The van der Waals surface area contributed by atoms with E-state index in [1.807, 2.05) is 7.05 Å². The minimum absolute atomic E-state index is 0.358. The van der Waals surface area contributed by atoms with Crippen molar-refractivity contribution in [3.8, 4) is 0 Å². The molecule has 1 aromatic carbocycles. The minimum Gasteiger partial charge on any atom is -0.372 e. The molecule has 20 heavy (non-hydrogen) atoms. The van der Waals surface area contributed by atoms with Crippen LogP contribution in [0.4, 0.5) is 5.82 Å². The van der Waals surface area contributed by atoms with Crippen LogP contribution in [0.1, 0.15) is 42.4 Å². The lowest BCUT2D eigenvalue weighted by atomic mass is 10.1. The predicted molar refractivity (Wildman–Crippen MR) is 87.4 cm³/mol. The third kappa shape index (κ3) is 3.37. The number of hydrogen-bond donors (Lipinski definition) is 1. The summed E-state index contributed by atoms with van der Waals surface area (Å²) < 4.78 is 0.961. The predicted octanol–water partition coefficient (Wildman–Crippen LogP) is 4.30. The first-order chi connectivity index (χ1) is 9.51. The smallest absolute Gasteiger partial charge is 0.144 e. The van der Waals surface area contributed by atoms with E-state index in [-0.39, 0.29) is 0 Å². The van der Waals surface area contributed by atoms with Gasteiger partial charge in [-0.05, 0) is 34.3 Å². The zero-order chi connectivity index (χ0) is 14.7. The molecule has 1 aromatic heterocycles. The SMILES string of the molecule is CNc1nc(Cc2ccc(C)cc2)nc(C(C)C)c1Br. The lowest BCUT2D eigenvalue weighted by Crippen LogP contribution is -2.07. The number of benzene rings is 1. The van der Waals surface area contributed by atoms with E-state index in [0.29, 0.717) is 5.92 Å². The van der Waals surface area contributed by atoms with E-state index in [0.717, 1.165) is 28.2 Å². The van der Waals surface area contributed by atoms with Gasteiger partial charge in [-0.3, -0.25) is 0 Å². The molecule has 0 bridgehead atoms. The molecule has 0 atom stereocenters. The van der Waals surface area contributed by atoms with Crippen LogP contribution in [-0.2, 0) is 6.42 Å². The van der Waals surface area contributed by atoms with Gasteiger partial charge in [0.1, 0.15) is 11.6 Å². The van der Waals surface area contributed by atoms with Crippen LogP contribution in [0.2, 0.25) is 0 Å². The molecule has 3 nitrogen and oxygen atoms in total. The normalized spacial score (nSPS) is 10.9. The van der Waals surface area contributed by atoms with Crippen LogP contribution in [0.25, 0.3) is 0 Å². The number of hydrogen-bond acceptors (Lipinski definition) is 3. The fraction of sp³-hybridized carbons (Fsp3) is 0.375. The van der Waals surface area contributed by atoms with Crippen molar-refractivity contribution in [2.45, 2.75) is 33.1 Å². The van der Waals surface area contributed by atoms with Gasteiger partial charge in [0.05, 0.1) is 10.2 Å². The average molecular weight is 334 g/mol. The van der Waals surface area contributed by atoms with Crippen molar-refractivity contribution < 1.29 is 0 Å². The van der Waals surface area contributed by atoms with Gasteiger partial charge in [-0.1, -0.05) is 43.7 Å². The fourth-order valence-electron chi connectivity index (χ4n) is 2.03. The van der Waals surface area contributed by atoms with E-state index < -0.39 is 0 Å². The largest absolute Gasteiger partial charge is 0.372 e. The summed E-state index contributed by atoms with van der Waals surface area (Å²) in [7, 11) is 1.88. The van der Waals surface area contributed by atoms with Gasteiger partial charge in [-0.2, -0.15) is 0 Å². The standard InChI is InChI=1S/C16H20BrN3/c1-10(2)15-14(17)16(18-4)20-13(19-15)9-12-7-5-11(3)6-8-12/h5-8,10H,9H2,1-4H3,(H,18,19,20). The molecule has 0 fully saturated rings. The minimum atomic E-state index is 0.358. The Balaban J connectivity index is 2.36. The van der Waals surface area contributed by atoms with Crippen molar-refractivity contribution in [1.29, 1.82) is 0 Å². The monoisotopic (exact) mass is 333 g/mol. The third-order valence-electron chi connectivity index (χ3n) is 3.19. The van der Waals surface area contributed by atoms with E-state index in [2.05, 4.69) is 71.3 Å². The number of nitrogens with zero attached hydrogens (tertiary/aromatic N) is 2. The van der Waals surface area contributed by atoms with Crippen molar-refractivity contribution >= 4 is 21.7 Å². The van der Waals surface area contributed by atoms with E-state index in [1.165, 1.54) is 11.1 Å². The zero-order valence-corrected chi connectivity index (χ0v) is 14.0. The molecule has 1 heterocycles. The molecule has 4 heteroatoms. The lowest BCUT2D eigenvalue weighted by Gasteiger charge is -2.13. The quantitative estimate of drug-likeness (QED) is 0.906. The maximum Gasteiger partial charge on any atom is 0.144 e. The molecule has 0 amide bonds. The Hall–Kier alpha value is -1.42. The maximum absolute atomic E-state index is 4.70. The Kier molecular flexibility index (Phi) is 4.76. The maximum atomic E-state index is 4.70. The summed E-state index contributed by atoms with van der Waals surface area (Å²) in [6.07, 6.45) is 0.752. The molecule has 0 aliphatic rings. The first kappa shape index (κ1) is 15.0. The Morgan fingerprint density at radius 3 is 2.35 bits per heavy atom. The second-order valence-electron chi connectivity index (χ2n) is 5.25. The van der Waals surface area contributed by atoms with Gasteiger partial charge in [0.25, 0.3) is 0 Å². The number of aryl methyl sites for hydroxylation is 1. The topological polar surface area (TPSA) is 37.8 Å². The van der Waals surface area contributed by atoms with Gasteiger partial charge in [0.2, 0.25) is 0 Å². The molecule has 0 radical (unpaired) electrons. The summed E-state index contributed by atoms with van der Waals surface area (Å²) >= 11 is 3.58. The number of nitrogens with one attached hydrogen (secondary N) is 1. The Morgan fingerprint density at radius 1 is 1.15 bits per heavy atom. The van der Waals surface area contributed by atoms with Crippen LogP contribution < -0.4 is 5.32 Å². The summed E-state index contributed by atoms with van der Waals surface area (Å²) in [5.74, 6) is 2.06. The highest BCUT2D eigenvalue weighted by molar-refractivity contribution is 9.10. The van der Waals surface area contributed by atoms with E-state index in [4.69, 9.17) is 4.98 Å². The van der Waals surface area contributed by atoms with Crippen molar-refractivity contribution in [1.82, 2.24) is 9.97 Å². The second-order valence-corrected chi connectivity index (χ2v) is 6.05. The van der Waals surface area contributed by atoms with E-state index >= 15 is 0 Å². The van der Waals surface area contributed by atoms with Crippen molar-refractivity contribution in [2.75, 3.05) is 12.4 Å². The molecule has 0 unspecified atom stereocenters. The number of halogens is 1. The molecule has 0 spiro atoms. The summed E-state index contributed by atoms with van der Waals surface area (Å²) in [6.45, 7) is 6.38. The Labute approximate surface area is 129 Å². The number of aromatic nitrogens is 2. The van der Waals surface area contributed by atoms with Gasteiger partial charge < -0.3 is 5.32 Å². The van der Waals surface area contributed by atoms with Gasteiger partial charge in [-0.25, -0.2) is 9.97 Å². The fourth-order valence-corrected chi connectivity index (χ4v) is 2.86. The van der Waals surface area contributed by atoms with Crippen LogP contribution in [-0.4, -0.2) is 17.0 Å². The average Bonchev–Trinajstić information content (AvgIpc) is 2.42. The van der Waals surface area contributed by atoms with Crippen LogP contribution in [0.5, 0.6) is 0 Å². The molecule has 2 aromatic rings. The highest BCUT2D eigenvalue weighted by atomic mass is 79.9. The molecule has 0 saturated heterocycles. The van der Waals surface area contributed by atoms with Crippen LogP contribution in [0, 0.1) is 6.92 Å². The van der Waals surface area contributed by atoms with Gasteiger partial charge in [-0.15, -0.1) is 0 Å². The van der Waals surface area contributed by atoms with Gasteiger partial charge in [0, 0.05) is 13.5 Å².